The first-order valence-electron chi connectivity index (χ1n) is 4.62. The van der Waals surface area contributed by atoms with E-state index in [0.717, 1.165) is 19.5 Å². The second-order valence-corrected chi connectivity index (χ2v) is 3.23. The Morgan fingerprint density at radius 2 is 2.50 bits per heavy atom. The van der Waals surface area contributed by atoms with Crippen LogP contribution in [0.1, 0.15) is 12.0 Å². The molecule has 0 aliphatic carbocycles. The minimum Gasteiger partial charge on any atom is -0.473 e. The van der Waals surface area contributed by atoms with Crippen molar-refractivity contribution in [1.82, 2.24) is 10.3 Å². The van der Waals surface area contributed by atoms with E-state index in [4.69, 9.17) is 10.00 Å². The van der Waals surface area contributed by atoms with Crippen molar-refractivity contribution < 1.29 is 4.74 Å². The van der Waals surface area contributed by atoms with Gasteiger partial charge in [0.25, 0.3) is 0 Å². The smallest absolute Gasteiger partial charge is 0.213 e. The van der Waals surface area contributed by atoms with Crippen LogP contribution in [-0.4, -0.2) is 24.2 Å². The molecule has 0 amide bonds. The number of nitriles is 1. The molecule has 1 saturated heterocycles. The molecular weight excluding hydrogens is 178 g/mol. The Bertz CT molecular complexity index is 335. The predicted octanol–water partition coefficient (Wildman–Crippen LogP) is 0.694. The van der Waals surface area contributed by atoms with E-state index in [1.54, 1.807) is 12.1 Å². The summed E-state index contributed by atoms with van der Waals surface area (Å²) >= 11 is 0. The first kappa shape index (κ1) is 8.97. The summed E-state index contributed by atoms with van der Waals surface area (Å²) < 4.78 is 5.59. The molecule has 1 fully saturated rings. The van der Waals surface area contributed by atoms with Gasteiger partial charge in [0.2, 0.25) is 5.88 Å². The van der Waals surface area contributed by atoms with Gasteiger partial charge in [-0.05, 0) is 19.0 Å². The van der Waals surface area contributed by atoms with Gasteiger partial charge in [0.15, 0.2) is 0 Å². The molecule has 0 spiro atoms. The van der Waals surface area contributed by atoms with E-state index in [-0.39, 0.29) is 6.10 Å². The van der Waals surface area contributed by atoms with Crippen molar-refractivity contribution in [3.63, 3.8) is 0 Å². The molecule has 1 aliphatic heterocycles. The van der Waals surface area contributed by atoms with Gasteiger partial charge in [-0.3, -0.25) is 0 Å². The molecule has 1 atom stereocenters. The molecule has 4 nitrogen and oxygen atoms in total. The van der Waals surface area contributed by atoms with Crippen LogP contribution in [0.4, 0.5) is 0 Å². The van der Waals surface area contributed by atoms with Crippen LogP contribution >= 0.6 is 0 Å². The highest BCUT2D eigenvalue weighted by Crippen LogP contribution is 2.11. The SMILES string of the molecule is N#Cc1ccc(O[C@@H]2CCNC2)nc1. The van der Waals surface area contributed by atoms with Gasteiger partial charge in [0, 0.05) is 18.8 Å². The lowest BCUT2D eigenvalue weighted by molar-refractivity contribution is 0.214. The Morgan fingerprint density at radius 3 is 3.07 bits per heavy atom. The number of rotatable bonds is 2. The fourth-order valence-electron chi connectivity index (χ4n) is 1.42. The maximum Gasteiger partial charge on any atom is 0.213 e. The van der Waals surface area contributed by atoms with Crippen LogP contribution in [0.5, 0.6) is 5.88 Å². The van der Waals surface area contributed by atoms with E-state index in [2.05, 4.69) is 10.3 Å². The van der Waals surface area contributed by atoms with Gasteiger partial charge in [-0.15, -0.1) is 0 Å². The molecule has 72 valence electrons. The van der Waals surface area contributed by atoms with Crippen LogP contribution in [0.2, 0.25) is 0 Å². The molecule has 1 N–H and O–H groups in total. The Balaban J connectivity index is 1.99. The lowest BCUT2D eigenvalue weighted by Gasteiger charge is -2.10. The summed E-state index contributed by atoms with van der Waals surface area (Å²) in [6.45, 7) is 1.88. The standard InChI is InChI=1S/C10H11N3O/c11-5-8-1-2-10(13-6-8)14-9-3-4-12-7-9/h1-2,6,9,12H,3-4,7H2/t9-/m1/s1. The Kier molecular flexibility index (Phi) is 2.61. The van der Waals surface area contributed by atoms with Crippen molar-refractivity contribution in [2.24, 2.45) is 0 Å². The average Bonchev–Trinajstić information content (AvgIpc) is 2.72. The lowest BCUT2D eigenvalue weighted by Crippen LogP contribution is -2.19. The van der Waals surface area contributed by atoms with E-state index >= 15 is 0 Å². The number of hydrogen-bond donors (Lipinski definition) is 1. The van der Waals surface area contributed by atoms with Crippen molar-refractivity contribution in [1.29, 1.82) is 5.26 Å². The number of nitrogens with one attached hydrogen (secondary N) is 1. The third-order valence-electron chi connectivity index (χ3n) is 2.17. The van der Waals surface area contributed by atoms with Gasteiger partial charge < -0.3 is 10.1 Å². The Labute approximate surface area is 82.5 Å². The molecule has 2 rings (SSSR count). The van der Waals surface area contributed by atoms with Gasteiger partial charge in [-0.25, -0.2) is 4.98 Å². The molecule has 4 heteroatoms. The second kappa shape index (κ2) is 4.07. The van der Waals surface area contributed by atoms with Gasteiger partial charge in [-0.1, -0.05) is 0 Å². The molecule has 2 heterocycles. The monoisotopic (exact) mass is 189 g/mol. The van der Waals surface area contributed by atoms with E-state index in [0.29, 0.717) is 11.4 Å². The molecule has 0 unspecified atom stereocenters. The van der Waals surface area contributed by atoms with Crippen LogP contribution in [0.25, 0.3) is 0 Å². The third-order valence-corrected chi connectivity index (χ3v) is 2.17. The van der Waals surface area contributed by atoms with Crippen LogP contribution < -0.4 is 10.1 Å². The Hall–Kier alpha value is -1.60. The number of pyridine rings is 1. The van der Waals surface area contributed by atoms with Crippen LogP contribution in [0.15, 0.2) is 18.3 Å². The number of ether oxygens (including phenoxy) is 1. The van der Waals surface area contributed by atoms with Crippen molar-refractivity contribution >= 4 is 0 Å². The zero-order valence-corrected chi connectivity index (χ0v) is 7.73. The molecule has 0 radical (unpaired) electrons. The fraction of sp³-hybridized carbons (Fsp3) is 0.400. The maximum atomic E-state index is 8.57. The summed E-state index contributed by atoms with van der Waals surface area (Å²) in [4.78, 5) is 4.04. The molecule has 1 aliphatic rings. The summed E-state index contributed by atoms with van der Waals surface area (Å²) in [6.07, 6.45) is 2.76. The summed E-state index contributed by atoms with van der Waals surface area (Å²) in [5, 5.41) is 11.8. The van der Waals surface area contributed by atoms with Gasteiger partial charge in [0.05, 0.1) is 5.56 Å². The normalized spacial score (nSPS) is 20.4. The Morgan fingerprint density at radius 1 is 1.57 bits per heavy atom. The minimum atomic E-state index is 0.218. The zero-order chi connectivity index (χ0) is 9.80. The molecule has 1 aromatic heterocycles. The summed E-state index contributed by atoms with van der Waals surface area (Å²) in [6, 6.07) is 5.46. The summed E-state index contributed by atoms with van der Waals surface area (Å²) in [5.41, 5.74) is 0.557. The highest BCUT2D eigenvalue weighted by molar-refractivity contribution is 5.28. The predicted molar refractivity (Wildman–Crippen MR) is 50.9 cm³/mol. The maximum absolute atomic E-state index is 8.57. The first-order valence-corrected chi connectivity index (χ1v) is 4.62. The first-order chi connectivity index (χ1) is 6.88. The molecule has 0 aromatic carbocycles. The fourth-order valence-corrected chi connectivity index (χ4v) is 1.42. The van der Waals surface area contributed by atoms with Crippen molar-refractivity contribution in [3.05, 3.63) is 23.9 Å². The topological polar surface area (TPSA) is 57.9 Å². The van der Waals surface area contributed by atoms with Crippen LogP contribution in [0, 0.1) is 11.3 Å². The van der Waals surface area contributed by atoms with Gasteiger partial charge in [-0.2, -0.15) is 5.26 Å². The van der Waals surface area contributed by atoms with Crippen LogP contribution in [-0.2, 0) is 0 Å². The lowest BCUT2D eigenvalue weighted by atomic mass is 10.3. The molecule has 1 aromatic rings. The van der Waals surface area contributed by atoms with Crippen LogP contribution in [0.3, 0.4) is 0 Å². The quantitative estimate of drug-likeness (QED) is 0.743. The zero-order valence-electron chi connectivity index (χ0n) is 7.73. The third kappa shape index (κ3) is 2.01. The molecular formula is C10H11N3O. The van der Waals surface area contributed by atoms with Crippen molar-refractivity contribution in [2.75, 3.05) is 13.1 Å². The van der Waals surface area contributed by atoms with E-state index in [1.807, 2.05) is 6.07 Å². The van der Waals surface area contributed by atoms with Crippen molar-refractivity contribution in [2.45, 2.75) is 12.5 Å². The highest BCUT2D eigenvalue weighted by atomic mass is 16.5. The average molecular weight is 189 g/mol. The molecule has 14 heavy (non-hydrogen) atoms. The van der Waals surface area contributed by atoms with E-state index < -0.39 is 0 Å². The van der Waals surface area contributed by atoms with E-state index in [1.165, 1.54) is 6.20 Å². The number of aromatic nitrogens is 1. The summed E-state index contributed by atoms with van der Waals surface area (Å²) in [7, 11) is 0. The van der Waals surface area contributed by atoms with Crippen molar-refractivity contribution in [3.8, 4) is 11.9 Å². The number of nitrogens with zero attached hydrogens (tertiary/aromatic N) is 2. The second-order valence-electron chi connectivity index (χ2n) is 3.23. The van der Waals surface area contributed by atoms with E-state index in [9.17, 15) is 0 Å². The minimum absolute atomic E-state index is 0.218. The van der Waals surface area contributed by atoms with Gasteiger partial charge in [0.1, 0.15) is 12.2 Å². The molecule has 0 saturated carbocycles. The largest absolute Gasteiger partial charge is 0.473 e. The molecule has 0 bridgehead atoms. The van der Waals surface area contributed by atoms with Gasteiger partial charge >= 0.3 is 0 Å². The highest BCUT2D eigenvalue weighted by Gasteiger charge is 2.15. The summed E-state index contributed by atoms with van der Waals surface area (Å²) in [5.74, 6) is 0.595. The number of hydrogen-bond acceptors (Lipinski definition) is 4.